The fourth-order valence-electron chi connectivity index (χ4n) is 2.53. The monoisotopic (exact) mass is 276 g/mol. The second kappa shape index (κ2) is 5.75. The van der Waals surface area contributed by atoms with Crippen molar-refractivity contribution in [2.45, 2.75) is 6.92 Å². The van der Waals surface area contributed by atoms with Crippen LogP contribution in [0.3, 0.4) is 0 Å². The molecule has 0 unspecified atom stereocenters. The number of nitrogens with zero attached hydrogens (tertiary/aromatic N) is 1. The van der Waals surface area contributed by atoms with Crippen LogP contribution < -0.4 is 5.32 Å². The third-order valence-corrected chi connectivity index (χ3v) is 3.48. The van der Waals surface area contributed by atoms with E-state index in [1.807, 2.05) is 61.7 Å². The molecule has 0 saturated heterocycles. The first-order valence-electron chi connectivity index (χ1n) is 7.01. The van der Waals surface area contributed by atoms with Crippen molar-refractivity contribution in [1.29, 1.82) is 0 Å². The molecule has 1 N–H and O–H groups in total. The van der Waals surface area contributed by atoms with E-state index >= 15 is 0 Å². The standard InChI is InChI=1S/C18H16N2O/c1-2-20-18(21)17-8-4-3-7-16(17)15-9-5-6-13-12-19-11-10-14(13)15/h3-12H,2H2,1H3,(H,20,21). The number of fused-ring (bicyclic) bond motifs is 1. The van der Waals surface area contributed by atoms with Crippen molar-refractivity contribution in [3.63, 3.8) is 0 Å². The lowest BCUT2D eigenvalue weighted by molar-refractivity contribution is 0.0956. The van der Waals surface area contributed by atoms with Gasteiger partial charge in [-0.2, -0.15) is 0 Å². The van der Waals surface area contributed by atoms with E-state index in [9.17, 15) is 4.79 Å². The predicted molar refractivity (Wildman–Crippen MR) is 85.2 cm³/mol. The minimum Gasteiger partial charge on any atom is -0.352 e. The van der Waals surface area contributed by atoms with Gasteiger partial charge in [-0.3, -0.25) is 9.78 Å². The molecule has 2 aromatic carbocycles. The third-order valence-electron chi connectivity index (χ3n) is 3.48. The average molecular weight is 276 g/mol. The van der Waals surface area contributed by atoms with E-state index in [0.29, 0.717) is 12.1 Å². The van der Waals surface area contributed by atoms with Crippen LogP contribution in [0.2, 0.25) is 0 Å². The summed E-state index contributed by atoms with van der Waals surface area (Å²) < 4.78 is 0. The van der Waals surface area contributed by atoms with Gasteiger partial charge in [-0.15, -0.1) is 0 Å². The molecule has 3 aromatic rings. The van der Waals surface area contributed by atoms with Gasteiger partial charge in [-0.25, -0.2) is 0 Å². The Hall–Kier alpha value is -2.68. The Bertz CT molecular complexity index is 791. The Morgan fingerprint density at radius 1 is 1.05 bits per heavy atom. The molecule has 3 rings (SSSR count). The molecular weight excluding hydrogens is 260 g/mol. The highest BCUT2D eigenvalue weighted by Crippen LogP contribution is 2.30. The van der Waals surface area contributed by atoms with Gasteiger partial charge in [0.2, 0.25) is 0 Å². The molecule has 0 fully saturated rings. The van der Waals surface area contributed by atoms with Crippen LogP contribution in [-0.2, 0) is 0 Å². The van der Waals surface area contributed by atoms with Crippen molar-refractivity contribution in [2.75, 3.05) is 6.54 Å². The van der Waals surface area contributed by atoms with Crippen LogP contribution in [0, 0.1) is 0 Å². The van der Waals surface area contributed by atoms with E-state index in [-0.39, 0.29) is 5.91 Å². The molecule has 1 amide bonds. The van der Waals surface area contributed by atoms with Crippen molar-refractivity contribution in [3.8, 4) is 11.1 Å². The number of benzene rings is 2. The fourth-order valence-corrected chi connectivity index (χ4v) is 2.53. The van der Waals surface area contributed by atoms with E-state index in [4.69, 9.17) is 0 Å². The third kappa shape index (κ3) is 2.50. The zero-order chi connectivity index (χ0) is 14.7. The lowest BCUT2D eigenvalue weighted by Gasteiger charge is -2.11. The average Bonchev–Trinajstić information content (AvgIpc) is 2.54. The lowest BCUT2D eigenvalue weighted by Crippen LogP contribution is -2.23. The SMILES string of the molecule is CCNC(=O)c1ccccc1-c1cccc2cnccc12. The number of carbonyl (C=O) groups is 1. The van der Waals surface area contributed by atoms with Gasteiger partial charge >= 0.3 is 0 Å². The van der Waals surface area contributed by atoms with Crippen LogP contribution in [0.1, 0.15) is 17.3 Å². The van der Waals surface area contributed by atoms with Crippen LogP contribution in [0.25, 0.3) is 21.9 Å². The van der Waals surface area contributed by atoms with Gasteiger partial charge in [-0.05, 0) is 35.6 Å². The Morgan fingerprint density at radius 2 is 1.86 bits per heavy atom. The minimum atomic E-state index is -0.0424. The smallest absolute Gasteiger partial charge is 0.251 e. The zero-order valence-corrected chi connectivity index (χ0v) is 11.8. The molecule has 0 spiro atoms. The second-order valence-corrected chi connectivity index (χ2v) is 4.81. The molecule has 0 aliphatic heterocycles. The normalized spacial score (nSPS) is 10.5. The number of carbonyl (C=O) groups excluding carboxylic acids is 1. The highest BCUT2D eigenvalue weighted by Gasteiger charge is 2.13. The molecule has 104 valence electrons. The highest BCUT2D eigenvalue weighted by molar-refractivity contribution is 6.05. The molecule has 0 aliphatic rings. The highest BCUT2D eigenvalue weighted by atomic mass is 16.1. The Morgan fingerprint density at radius 3 is 2.71 bits per heavy atom. The molecule has 3 heteroatoms. The van der Waals surface area contributed by atoms with Crippen molar-refractivity contribution < 1.29 is 4.79 Å². The quantitative estimate of drug-likeness (QED) is 0.793. The van der Waals surface area contributed by atoms with Gasteiger partial charge in [0.25, 0.3) is 5.91 Å². The summed E-state index contributed by atoms with van der Waals surface area (Å²) in [5.41, 5.74) is 2.70. The van der Waals surface area contributed by atoms with Crippen LogP contribution >= 0.6 is 0 Å². The lowest BCUT2D eigenvalue weighted by atomic mass is 9.95. The maximum atomic E-state index is 12.3. The number of hydrogen-bond donors (Lipinski definition) is 1. The predicted octanol–water partition coefficient (Wildman–Crippen LogP) is 3.65. The molecule has 0 aliphatic carbocycles. The summed E-state index contributed by atoms with van der Waals surface area (Å²) in [4.78, 5) is 16.4. The first-order valence-corrected chi connectivity index (χ1v) is 7.01. The molecule has 0 radical (unpaired) electrons. The van der Waals surface area contributed by atoms with E-state index in [1.54, 1.807) is 6.20 Å². The van der Waals surface area contributed by atoms with Gasteiger partial charge in [0.15, 0.2) is 0 Å². The van der Waals surface area contributed by atoms with Crippen LogP contribution in [0.4, 0.5) is 0 Å². The maximum absolute atomic E-state index is 12.3. The first-order chi connectivity index (χ1) is 10.3. The summed E-state index contributed by atoms with van der Waals surface area (Å²) >= 11 is 0. The second-order valence-electron chi connectivity index (χ2n) is 4.81. The van der Waals surface area contributed by atoms with Crippen molar-refractivity contribution >= 4 is 16.7 Å². The summed E-state index contributed by atoms with van der Waals surface area (Å²) in [7, 11) is 0. The fraction of sp³-hybridized carbons (Fsp3) is 0.111. The number of hydrogen-bond acceptors (Lipinski definition) is 2. The summed E-state index contributed by atoms with van der Waals surface area (Å²) in [5, 5.41) is 5.04. The molecule has 21 heavy (non-hydrogen) atoms. The number of pyridine rings is 1. The van der Waals surface area contributed by atoms with Gasteiger partial charge in [0, 0.05) is 29.9 Å². The van der Waals surface area contributed by atoms with Gasteiger partial charge in [0.05, 0.1) is 0 Å². The summed E-state index contributed by atoms with van der Waals surface area (Å²) in [6.07, 6.45) is 3.62. The van der Waals surface area contributed by atoms with Crippen molar-refractivity contribution in [2.24, 2.45) is 0 Å². The summed E-state index contributed by atoms with van der Waals surface area (Å²) in [6.45, 7) is 2.54. The maximum Gasteiger partial charge on any atom is 0.251 e. The van der Waals surface area contributed by atoms with Crippen molar-refractivity contribution in [3.05, 3.63) is 66.5 Å². The molecule has 0 saturated carbocycles. The summed E-state index contributed by atoms with van der Waals surface area (Å²) in [5.74, 6) is -0.0424. The summed E-state index contributed by atoms with van der Waals surface area (Å²) in [6, 6.07) is 15.7. The van der Waals surface area contributed by atoms with E-state index < -0.39 is 0 Å². The topological polar surface area (TPSA) is 42.0 Å². The van der Waals surface area contributed by atoms with Crippen LogP contribution in [-0.4, -0.2) is 17.4 Å². The van der Waals surface area contributed by atoms with Gasteiger partial charge in [-0.1, -0.05) is 36.4 Å². The molecular formula is C18H16N2O. The zero-order valence-electron chi connectivity index (χ0n) is 11.8. The number of aromatic nitrogens is 1. The largest absolute Gasteiger partial charge is 0.352 e. The number of amides is 1. The van der Waals surface area contributed by atoms with Crippen LogP contribution in [0.15, 0.2) is 60.9 Å². The number of rotatable bonds is 3. The molecule has 1 heterocycles. The first kappa shape index (κ1) is 13.3. The molecule has 3 nitrogen and oxygen atoms in total. The van der Waals surface area contributed by atoms with Crippen LogP contribution in [0.5, 0.6) is 0 Å². The Balaban J connectivity index is 2.22. The number of nitrogens with one attached hydrogen (secondary N) is 1. The van der Waals surface area contributed by atoms with E-state index in [2.05, 4.69) is 10.3 Å². The van der Waals surface area contributed by atoms with Gasteiger partial charge in [0.1, 0.15) is 0 Å². The van der Waals surface area contributed by atoms with E-state index in [0.717, 1.165) is 21.9 Å². The Labute approximate surface area is 123 Å². The molecule has 1 aromatic heterocycles. The molecule has 0 bridgehead atoms. The van der Waals surface area contributed by atoms with Crippen molar-refractivity contribution in [1.82, 2.24) is 10.3 Å². The van der Waals surface area contributed by atoms with Gasteiger partial charge < -0.3 is 5.32 Å². The van der Waals surface area contributed by atoms with E-state index in [1.165, 1.54) is 0 Å². The Kier molecular flexibility index (Phi) is 3.65. The molecule has 0 atom stereocenters. The minimum absolute atomic E-state index is 0.0424.